The number of aromatic nitrogens is 1. The number of nitrogens with one attached hydrogen (secondary N) is 1. The van der Waals surface area contributed by atoms with Gasteiger partial charge in [0.2, 0.25) is 0 Å². The molecule has 31 heavy (non-hydrogen) atoms. The third-order valence-corrected chi connectivity index (χ3v) is 5.40. The van der Waals surface area contributed by atoms with E-state index in [0.717, 1.165) is 37.1 Å². The number of nitro groups is 1. The van der Waals surface area contributed by atoms with Crippen LogP contribution >= 0.6 is 0 Å². The number of benzene rings is 3. The average molecular weight is 412 g/mol. The Morgan fingerprint density at radius 1 is 0.935 bits per heavy atom. The maximum Gasteiger partial charge on any atom is 0.269 e. The van der Waals surface area contributed by atoms with E-state index < -0.39 is 0 Å². The molecule has 5 heteroatoms. The largest absolute Gasteiger partial charge is 0.361 e. The summed E-state index contributed by atoms with van der Waals surface area (Å²) in [6.45, 7) is 2.42. The molecule has 4 aromatic rings. The van der Waals surface area contributed by atoms with E-state index in [-0.39, 0.29) is 10.6 Å². The molecule has 0 aliphatic heterocycles. The van der Waals surface area contributed by atoms with Crippen LogP contribution in [0.1, 0.15) is 16.7 Å². The van der Waals surface area contributed by atoms with Crippen LogP contribution < -0.4 is 0 Å². The lowest BCUT2D eigenvalue weighted by molar-refractivity contribution is -0.384. The van der Waals surface area contributed by atoms with Crippen molar-refractivity contribution in [2.24, 2.45) is 0 Å². The molecule has 0 fully saturated rings. The van der Waals surface area contributed by atoms with Crippen LogP contribution in [0.4, 0.5) is 5.69 Å². The predicted molar refractivity (Wildman–Crippen MR) is 126 cm³/mol. The molecular formula is C26H25N3O2. The maximum absolute atomic E-state index is 10.9. The lowest BCUT2D eigenvalue weighted by Gasteiger charge is -2.21. The minimum atomic E-state index is -0.360. The second-order valence-electron chi connectivity index (χ2n) is 7.58. The van der Waals surface area contributed by atoms with Gasteiger partial charge in [-0.25, -0.2) is 0 Å². The van der Waals surface area contributed by atoms with Crippen LogP contribution in [0, 0.1) is 10.1 Å². The van der Waals surface area contributed by atoms with Crippen molar-refractivity contribution in [1.29, 1.82) is 0 Å². The van der Waals surface area contributed by atoms with E-state index in [1.165, 1.54) is 16.5 Å². The van der Waals surface area contributed by atoms with Crippen molar-refractivity contribution in [3.05, 3.63) is 118 Å². The quantitative estimate of drug-likeness (QED) is 0.278. The summed E-state index contributed by atoms with van der Waals surface area (Å²) < 4.78 is 0. The Labute approximate surface area is 181 Å². The van der Waals surface area contributed by atoms with Gasteiger partial charge in [-0.15, -0.1) is 0 Å². The highest BCUT2D eigenvalue weighted by Crippen LogP contribution is 2.19. The van der Waals surface area contributed by atoms with E-state index in [1.807, 2.05) is 36.4 Å². The topological polar surface area (TPSA) is 62.2 Å². The Kier molecular flexibility index (Phi) is 6.55. The van der Waals surface area contributed by atoms with Crippen LogP contribution in [0.5, 0.6) is 0 Å². The van der Waals surface area contributed by atoms with Crippen LogP contribution in [0.3, 0.4) is 0 Å². The van der Waals surface area contributed by atoms with E-state index in [0.29, 0.717) is 0 Å². The van der Waals surface area contributed by atoms with E-state index in [4.69, 9.17) is 0 Å². The van der Waals surface area contributed by atoms with Gasteiger partial charge in [-0.2, -0.15) is 0 Å². The first-order valence-corrected chi connectivity index (χ1v) is 10.4. The molecule has 0 saturated carbocycles. The summed E-state index contributed by atoms with van der Waals surface area (Å²) in [5.41, 5.74) is 4.82. The number of para-hydroxylation sites is 1. The zero-order valence-electron chi connectivity index (χ0n) is 17.3. The van der Waals surface area contributed by atoms with Gasteiger partial charge < -0.3 is 4.98 Å². The van der Waals surface area contributed by atoms with Crippen molar-refractivity contribution in [3.63, 3.8) is 0 Å². The third kappa shape index (κ3) is 5.47. The Hall–Kier alpha value is -3.70. The fourth-order valence-corrected chi connectivity index (χ4v) is 3.74. The third-order valence-electron chi connectivity index (χ3n) is 5.40. The summed E-state index contributed by atoms with van der Waals surface area (Å²) in [5.74, 6) is 0. The van der Waals surface area contributed by atoms with Crippen molar-refractivity contribution < 1.29 is 4.92 Å². The second-order valence-corrected chi connectivity index (χ2v) is 7.58. The van der Waals surface area contributed by atoms with Crippen molar-refractivity contribution in [2.45, 2.75) is 13.0 Å². The molecule has 0 radical (unpaired) electrons. The first kappa shape index (κ1) is 20.6. The zero-order chi connectivity index (χ0) is 21.5. The SMILES string of the molecule is O=[N+]([O-])c1ccc(CN(C/C=C/c2ccccc2)CCc2c[nH]c3ccccc23)cc1. The number of non-ortho nitro benzene ring substituents is 1. The van der Waals surface area contributed by atoms with Crippen LogP contribution in [0.15, 0.2) is 91.1 Å². The van der Waals surface area contributed by atoms with Crippen LogP contribution in [0.25, 0.3) is 17.0 Å². The van der Waals surface area contributed by atoms with Gasteiger partial charge in [-0.05, 0) is 29.2 Å². The van der Waals surface area contributed by atoms with E-state index >= 15 is 0 Å². The van der Waals surface area contributed by atoms with Gasteiger partial charge >= 0.3 is 0 Å². The van der Waals surface area contributed by atoms with Crippen molar-refractivity contribution in [2.75, 3.05) is 13.1 Å². The fourth-order valence-electron chi connectivity index (χ4n) is 3.74. The number of hydrogen-bond donors (Lipinski definition) is 1. The molecule has 0 unspecified atom stereocenters. The van der Waals surface area contributed by atoms with Gasteiger partial charge in [0.25, 0.3) is 5.69 Å². The number of nitro benzene ring substituents is 1. The monoisotopic (exact) mass is 411 g/mol. The highest BCUT2D eigenvalue weighted by Gasteiger charge is 2.10. The molecule has 0 saturated heterocycles. The molecule has 1 heterocycles. The molecule has 0 atom stereocenters. The summed E-state index contributed by atoms with van der Waals surface area (Å²) in [4.78, 5) is 16.3. The summed E-state index contributed by atoms with van der Waals surface area (Å²) in [6, 6.07) is 25.4. The van der Waals surface area contributed by atoms with Crippen LogP contribution in [-0.4, -0.2) is 27.9 Å². The molecule has 3 aromatic carbocycles. The summed E-state index contributed by atoms with van der Waals surface area (Å²) >= 11 is 0. The number of nitrogens with zero attached hydrogens (tertiary/aromatic N) is 2. The van der Waals surface area contributed by atoms with Crippen molar-refractivity contribution in [3.8, 4) is 0 Å². The first-order valence-electron chi connectivity index (χ1n) is 10.4. The average Bonchev–Trinajstić information content (AvgIpc) is 3.21. The predicted octanol–water partition coefficient (Wildman–Crippen LogP) is 5.83. The van der Waals surface area contributed by atoms with Gasteiger partial charge in [0, 0.05) is 48.9 Å². The van der Waals surface area contributed by atoms with E-state index in [9.17, 15) is 10.1 Å². The number of H-pyrrole nitrogens is 1. The molecular weight excluding hydrogens is 386 g/mol. The second kappa shape index (κ2) is 9.87. The Bertz CT molecular complexity index is 1160. The molecule has 0 amide bonds. The van der Waals surface area contributed by atoms with Gasteiger partial charge in [0.05, 0.1) is 4.92 Å². The normalized spacial score (nSPS) is 11.5. The Balaban J connectivity index is 1.47. The molecule has 0 spiro atoms. The summed E-state index contributed by atoms with van der Waals surface area (Å²) in [5, 5.41) is 12.2. The standard InChI is InChI=1S/C26H25N3O2/c30-29(31)24-14-12-22(13-15-24)20-28(17-6-9-21-7-2-1-3-8-21)18-16-23-19-27-26-11-5-4-10-25(23)26/h1-15,19,27H,16-18,20H2/b9-6+. The number of fused-ring (bicyclic) bond motifs is 1. The maximum atomic E-state index is 10.9. The Morgan fingerprint density at radius 3 is 2.45 bits per heavy atom. The molecule has 5 nitrogen and oxygen atoms in total. The smallest absolute Gasteiger partial charge is 0.269 e. The lowest BCUT2D eigenvalue weighted by atomic mass is 10.1. The summed E-state index contributed by atoms with van der Waals surface area (Å²) in [6.07, 6.45) is 7.33. The van der Waals surface area contributed by atoms with Crippen molar-refractivity contribution >= 4 is 22.7 Å². The van der Waals surface area contributed by atoms with Crippen LogP contribution in [0.2, 0.25) is 0 Å². The fraction of sp³-hybridized carbons (Fsp3) is 0.154. The highest BCUT2D eigenvalue weighted by molar-refractivity contribution is 5.83. The lowest BCUT2D eigenvalue weighted by Crippen LogP contribution is -2.26. The summed E-state index contributed by atoms with van der Waals surface area (Å²) in [7, 11) is 0. The first-order chi connectivity index (χ1) is 15.2. The number of hydrogen-bond acceptors (Lipinski definition) is 3. The molecule has 1 N–H and O–H groups in total. The van der Waals surface area contributed by atoms with Crippen molar-refractivity contribution in [1.82, 2.24) is 9.88 Å². The van der Waals surface area contributed by atoms with Gasteiger partial charge in [-0.1, -0.05) is 72.8 Å². The highest BCUT2D eigenvalue weighted by atomic mass is 16.6. The van der Waals surface area contributed by atoms with Gasteiger partial charge in [0.15, 0.2) is 0 Å². The molecule has 156 valence electrons. The molecule has 4 rings (SSSR count). The van der Waals surface area contributed by atoms with E-state index in [2.05, 4.69) is 58.6 Å². The van der Waals surface area contributed by atoms with E-state index in [1.54, 1.807) is 12.1 Å². The minimum absolute atomic E-state index is 0.123. The number of rotatable bonds is 9. The minimum Gasteiger partial charge on any atom is -0.361 e. The zero-order valence-corrected chi connectivity index (χ0v) is 17.3. The molecule has 0 aliphatic carbocycles. The van der Waals surface area contributed by atoms with Crippen LogP contribution in [-0.2, 0) is 13.0 Å². The molecule has 0 aliphatic rings. The number of aromatic amines is 1. The Morgan fingerprint density at radius 2 is 1.68 bits per heavy atom. The van der Waals surface area contributed by atoms with Gasteiger partial charge in [0.1, 0.15) is 0 Å². The molecule has 1 aromatic heterocycles. The molecule has 0 bridgehead atoms. The van der Waals surface area contributed by atoms with Gasteiger partial charge in [-0.3, -0.25) is 15.0 Å².